The maximum atomic E-state index is 11.8. The van der Waals surface area contributed by atoms with Gasteiger partial charge in [0, 0.05) is 24.0 Å². The van der Waals surface area contributed by atoms with E-state index in [0.29, 0.717) is 13.0 Å². The normalized spacial score (nSPS) is 10.2. The molecule has 1 aromatic heterocycles. The molecular weight excluding hydrogens is 240 g/mol. The first-order valence-corrected chi connectivity index (χ1v) is 6.43. The van der Waals surface area contributed by atoms with Gasteiger partial charge in [-0.2, -0.15) is 0 Å². The van der Waals surface area contributed by atoms with Crippen molar-refractivity contribution >= 4 is 11.6 Å². The molecular formula is C15H18N2O2. The third-order valence-corrected chi connectivity index (χ3v) is 2.73. The molecule has 2 aromatic rings. The average molecular weight is 258 g/mol. The number of aryl methyl sites for hydroxylation is 1. The number of nitrogens with one attached hydrogen (secondary N) is 2. The second-order valence-corrected chi connectivity index (χ2v) is 4.20. The Morgan fingerprint density at radius 2 is 2.05 bits per heavy atom. The van der Waals surface area contributed by atoms with Crippen molar-refractivity contribution in [2.45, 2.75) is 19.8 Å². The van der Waals surface area contributed by atoms with Crippen molar-refractivity contribution in [1.82, 2.24) is 4.98 Å². The Kier molecular flexibility index (Phi) is 4.61. The van der Waals surface area contributed by atoms with Crippen molar-refractivity contribution in [1.29, 1.82) is 0 Å². The molecule has 19 heavy (non-hydrogen) atoms. The Morgan fingerprint density at radius 3 is 2.68 bits per heavy atom. The van der Waals surface area contributed by atoms with Crippen LogP contribution in [-0.2, 0) is 11.2 Å². The van der Waals surface area contributed by atoms with Gasteiger partial charge >= 0.3 is 0 Å². The van der Waals surface area contributed by atoms with E-state index in [1.54, 1.807) is 0 Å². The van der Waals surface area contributed by atoms with Crippen molar-refractivity contribution < 1.29 is 9.53 Å². The highest BCUT2D eigenvalue weighted by molar-refractivity contribution is 5.90. The molecule has 4 nitrogen and oxygen atoms in total. The van der Waals surface area contributed by atoms with Gasteiger partial charge in [-0.25, -0.2) is 0 Å². The van der Waals surface area contributed by atoms with Crippen LogP contribution in [0.25, 0.3) is 0 Å². The maximum Gasteiger partial charge on any atom is 0.224 e. The predicted octanol–water partition coefficient (Wildman–Crippen LogP) is 2.98. The van der Waals surface area contributed by atoms with Gasteiger partial charge < -0.3 is 15.0 Å². The highest BCUT2D eigenvalue weighted by Gasteiger charge is 2.03. The van der Waals surface area contributed by atoms with E-state index in [1.165, 1.54) is 0 Å². The number of carbonyl (C=O) groups is 1. The molecule has 0 spiro atoms. The van der Waals surface area contributed by atoms with E-state index in [1.807, 2.05) is 49.5 Å². The summed E-state index contributed by atoms with van der Waals surface area (Å²) >= 11 is 0. The van der Waals surface area contributed by atoms with Gasteiger partial charge in [-0.3, -0.25) is 4.79 Å². The van der Waals surface area contributed by atoms with Crippen LogP contribution >= 0.6 is 0 Å². The summed E-state index contributed by atoms with van der Waals surface area (Å²) in [6.07, 6.45) is 3.04. The van der Waals surface area contributed by atoms with Gasteiger partial charge in [0.15, 0.2) is 0 Å². The summed E-state index contributed by atoms with van der Waals surface area (Å²) in [5.41, 5.74) is 1.86. The van der Waals surface area contributed by atoms with Crippen LogP contribution < -0.4 is 10.1 Å². The minimum absolute atomic E-state index is 0.0127. The Bertz CT molecular complexity index is 503. The number of amides is 1. The van der Waals surface area contributed by atoms with E-state index in [4.69, 9.17) is 4.74 Å². The standard InChI is InChI=1S/C15H18N2O2/c1-2-19-14-8-5-13(6-9-14)17-15(18)10-7-12-4-3-11-16-12/h3-6,8-9,11,16H,2,7,10H2,1H3,(H,17,18). The van der Waals surface area contributed by atoms with Gasteiger partial charge in [0.25, 0.3) is 0 Å². The number of aromatic nitrogens is 1. The molecule has 100 valence electrons. The quantitative estimate of drug-likeness (QED) is 0.837. The summed E-state index contributed by atoms with van der Waals surface area (Å²) in [5.74, 6) is 0.825. The SMILES string of the molecule is CCOc1ccc(NC(=O)CCc2ccc[nH]2)cc1. The zero-order valence-corrected chi connectivity index (χ0v) is 11.0. The topological polar surface area (TPSA) is 54.1 Å². The Morgan fingerprint density at radius 1 is 1.26 bits per heavy atom. The summed E-state index contributed by atoms with van der Waals surface area (Å²) in [6, 6.07) is 11.3. The summed E-state index contributed by atoms with van der Waals surface area (Å²) in [4.78, 5) is 14.8. The largest absolute Gasteiger partial charge is 0.494 e. The summed E-state index contributed by atoms with van der Waals surface area (Å²) in [5, 5.41) is 2.87. The minimum atomic E-state index is 0.0127. The van der Waals surface area contributed by atoms with E-state index in [9.17, 15) is 4.79 Å². The molecule has 0 unspecified atom stereocenters. The lowest BCUT2D eigenvalue weighted by Crippen LogP contribution is -2.12. The smallest absolute Gasteiger partial charge is 0.224 e. The third-order valence-electron chi connectivity index (χ3n) is 2.73. The Hall–Kier alpha value is -2.23. The zero-order valence-electron chi connectivity index (χ0n) is 11.0. The lowest BCUT2D eigenvalue weighted by atomic mass is 10.2. The second kappa shape index (κ2) is 6.64. The average Bonchev–Trinajstić information content (AvgIpc) is 2.92. The lowest BCUT2D eigenvalue weighted by molar-refractivity contribution is -0.116. The van der Waals surface area contributed by atoms with Crippen LogP contribution in [-0.4, -0.2) is 17.5 Å². The number of benzene rings is 1. The summed E-state index contributed by atoms with van der Waals surface area (Å²) in [7, 11) is 0. The first kappa shape index (κ1) is 13.2. The predicted molar refractivity (Wildman–Crippen MR) is 75.4 cm³/mol. The molecule has 1 amide bonds. The Labute approximate surface area is 112 Å². The molecule has 0 atom stereocenters. The van der Waals surface area contributed by atoms with Crippen LogP contribution in [0.5, 0.6) is 5.75 Å². The van der Waals surface area contributed by atoms with E-state index in [-0.39, 0.29) is 5.91 Å². The maximum absolute atomic E-state index is 11.8. The molecule has 0 aliphatic carbocycles. The number of hydrogen-bond donors (Lipinski definition) is 2. The van der Waals surface area contributed by atoms with Crippen molar-refractivity contribution in [3.8, 4) is 5.75 Å². The number of carbonyl (C=O) groups excluding carboxylic acids is 1. The molecule has 1 aromatic carbocycles. The van der Waals surface area contributed by atoms with Crippen LogP contribution in [0.15, 0.2) is 42.6 Å². The van der Waals surface area contributed by atoms with Crippen LogP contribution in [0.4, 0.5) is 5.69 Å². The molecule has 0 saturated carbocycles. The van der Waals surface area contributed by atoms with Crippen molar-refractivity contribution in [2.75, 3.05) is 11.9 Å². The zero-order chi connectivity index (χ0) is 13.5. The molecule has 0 radical (unpaired) electrons. The number of H-pyrrole nitrogens is 1. The van der Waals surface area contributed by atoms with Crippen LogP contribution in [0.3, 0.4) is 0 Å². The van der Waals surface area contributed by atoms with Gasteiger partial charge in [-0.1, -0.05) is 0 Å². The Balaban J connectivity index is 1.81. The first-order chi connectivity index (χ1) is 9.28. The number of anilines is 1. The molecule has 1 heterocycles. The number of hydrogen-bond acceptors (Lipinski definition) is 2. The fraction of sp³-hybridized carbons (Fsp3) is 0.267. The van der Waals surface area contributed by atoms with Crippen LogP contribution in [0, 0.1) is 0 Å². The molecule has 4 heteroatoms. The first-order valence-electron chi connectivity index (χ1n) is 6.43. The van der Waals surface area contributed by atoms with E-state index in [0.717, 1.165) is 23.6 Å². The van der Waals surface area contributed by atoms with Gasteiger partial charge in [0.05, 0.1) is 6.61 Å². The molecule has 0 saturated heterocycles. The molecule has 0 aliphatic rings. The molecule has 0 fully saturated rings. The highest BCUT2D eigenvalue weighted by Crippen LogP contribution is 2.15. The summed E-state index contributed by atoms with van der Waals surface area (Å²) in [6.45, 7) is 2.58. The van der Waals surface area contributed by atoms with Gasteiger partial charge in [-0.15, -0.1) is 0 Å². The van der Waals surface area contributed by atoms with E-state index < -0.39 is 0 Å². The molecule has 2 N–H and O–H groups in total. The van der Waals surface area contributed by atoms with Gasteiger partial charge in [0.2, 0.25) is 5.91 Å². The van der Waals surface area contributed by atoms with Crippen molar-refractivity contribution in [3.63, 3.8) is 0 Å². The van der Waals surface area contributed by atoms with Crippen molar-refractivity contribution in [3.05, 3.63) is 48.3 Å². The van der Waals surface area contributed by atoms with Crippen LogP contribution in [0.1, 0.15) is 19.0 Å². The van der Waals surface area contributed by atoms with Gasteiger partial charge in [0.1, 0.15) is 5.75 Å². The lowest BCUT2D eigenvalue weighted by Gasteiger charge is -2.06. The second-order valence-electron chi connectivity index (χ2n) is 4.20. The van der Waals surface area contributed by atoms with E-state index >= 15 is 0 Å². The number of ether oxygens (including phenoxy) is 1. The number of aromatic amines is 1. The minimum Gasteiger partial charge on any atom is -0.494 e. The number of rotatable bonds is 6. The third kappa shape index (κ3) is 4.17. The van der Waals surface area contributed by atoms with E-state index in [2.05, 4.69) is 10.3 Å². The molecule has 0 aliphatic heterocycles. The highest BCUT2D eigenvalue weighted by atomic mass is 16.5. The van der Waals surface area contributed by atoms with Gasteiger partial charge in [-0.05, 0) is 49.7 Å². The molecule has 0 bridgehead atoms. The van der Waals surface area contributed by atoms with Crippen LogP contribution in [0.2, 0.25) is 0 Å². The van der Waals surface area contributed by atoms with Crippen molar-refractivity contribution in [2.24, 2.45) is 0 Å². The summed E-state index contributed by atoms with van der Waals surface area (Å²) < 4.78 is 5.35. The molecule has 2 rings (SSSR count). The fourth-order valence-corrected chi connectivity index (χ4v) is 1.80. The fourth-order valence-electron chi connectivity index (χ4n) is 1.80. The monoisotopic (exact) mass is 258 g/mol.